The molecule has 3 aliphatic rings. The van der Waals surface area contributed by atoms with Crippen LogP contribution in [0.4, 0.5) is 4.39 Å². The van der Waals surface area contributed by atoms with Gasteiger partial charge in [0.05, 0.1) is 15.7 Å². The standard InChI is InChI=1S/C13H20B2FNO/c14-13(15,12(16)4-6-18-7-5-12)17-8-10-2-1-3-11(10)9-17/h10-11H,1-9H2. The summed E-state index contributed by atoms with van der Waals surface area (Å²) < 4.78 is 20.2. The zero-order valence-corrected chi connectivity index (χ0v) is 10.9. The second kappa shape index (κ2) is 4.52. The van der Waals surface area contributed by atoms with E-state index < -0.39 is 11.0 Å². The van der Waals surface area contributed by atoms with Gasteiger partial charge in [0.15, 0.2) is 0 Å². The minimum absolute atomic E-state index is 0.311. The molecule has 0 aromatic heterocycles. The first-order valence-corrected chi connectivity index (χ1v) is 7.12. The Labute approximate surface area is 111 Å². The predicted molar refractivity (Wildman–Crippen MR) is 70.5 cm³/mol. The maximum atomic E-state index is 15.0. The molecule has 3 fully saturated rings. The van der Waals surface area contributed by atoms with E-state index in [1.54, 1.807) is 0 Å². The smallest absolute Gasteiger partial charge is 0.117 e. The van der Waals surface area contributed by atoms with Crippen molar-refractivity contribution in [3.05, 3.63) is 0 Å². The zero-order chi connectivity index (χ0) is 12.8. The lowest BCUT2D eigenvalue weighted by atomic mass is 9.50. The van der Waals surface area contributed by atoms with Gasteiger partial charge in [-0.1, -0.05) is 6.42 Å². The van der Waals surface area contributed by atoms with Crippen LogP contribution >= 0.6 is 0 Å². The summed E-state index contributed by atoms with van der Waals surface area (Å²) in [5.74, 6) is 1.36. The molecular weight excluding hydrogens is 227 g/mol. The van der Waals surface area contributed by atoms with Gasteiger partial charge in [0.1, 0.15) is 5.67 Å². The van der Waals surface area contributed by atoms with Crippen LogP contribution in [0.25, 0.3) is 0 Å². The topological polar surface area (TPSA) is 12.5 Å². The van der Waals surface area contributed by atoms with E-state index in [1.165, 1.54) is 19.3 Å². The van der Waals surface area contributed by atoms with Crippen LogP contribution < -0.4 is 0 Å². The lowest BCUT2D eigenvalue weighted by Gasteiger charge is -2.50. The minimum Gasteiger partial charge on any atom is -0.381 e. The minimum atomic E-state index is -1.51. The Morgan fingerprint density at radius 2 is 1.67 bits per heavy atom. The van der Waals surface area contributed by atoms with Gasteiger partial charge in [-0.25, -0.2) is 4.39 Å². The molecule has 2 atom stereocenters. The Kier molecular flexibility index (Phi) is 3.26. The highest BCUT2D eigenvalue weighted by atomic mass is 19.1. The summed E-state index contributed by atoms with van der Waals surface area (Å²) in [5, 5.41) is -1.33. The van der Waals surface area contributed by atoms with Gasteiger partial charge in [-0.05, 0) is 30.0 Å². The molecule has 3 rings (SSSR count). The number of rotatable bonds is 2. The summed E-state index contributed by atoms with van der Waals surface area (Å²) in [4.78, 5) is 1.99. The molecule has 2 nitrogen and oxygen atoms in total. The number of halogens is 1. The van der Waals surface area contributed by atoms with E-state index in [2.05, 4.69) is 0 Å². The molecule has 5 heteroatoms. The highest BCUT2D eigenvalue weighted by molar-refractivity contribution is 6.41. The molecule has 4 radical (unpaired) electrons. The average molecular weight is 247 g/mol. The lowest BCUT2D eigenvalue weighted by molar-refractivity contribution is -0.0490. The lowest BCUT2D eigenvalue weighted by Crippen LogP contribution is -2.64. The summed E-state index contributed by atoms with van der Waals surface area (Å²) in [5.41, 5.74) is -1.51. The van der Waals surface area contributed by atoms with Crippen molar-refractivity contribution in [2.45, 2.75) is 43.1 Å². The zero-order valence-electron chi connectivity index (χ0n) is 10.9. The van der Waals surface area contributed by atoms with Gasteiger partial charge < -0.3 is 9.64 Å². The van der Waals surface area contributed by atoms with Crippen molar-refractivity contribution in [3.8, 4) is 0 Å². The highest BCUT2D eigenvalue weighted by Crippen LogP contribution is 2.44. The average Bonchev–Trinajstić information content (AvgIpc) is 2.89. The van der Waals surface area contributed by atoms with Crippen LogP contribution in [0.2, 0.25) is 0 Å². The summed E-state index contributed by atoms with van der Waals surface area (Å²) in [6, 6.07) is 0. The second-order valence-electron chi connectivity index (χ2n) is 6.26. The van der Waals surface area contributed by atoms with E-state index in [-0.39, 0.29) is 0 Å². The number of hydrogen-bond acceptors (Lipinski definition) is 2. The molecule has 0 amide bonds. The molecular formula is C13H20B2FNO. The Bertz CT molecular complexity index is 308. The third kappa shape index (κ3) is 1.94. The number of fused-ring (bicyclic) bond motifs is 1. The molecule has 2 unspecified atom stereocenters. The Morgan fingerprint density at radius 3 is 2.22 bits per heavy atom. The van der Waals surface area contributed by atoms with Gasteiger partial charge >= 0.3 is 0 Å². The summed E-state index contributed by atoms with van der Waals surface area (Å²) in [6.45, 7) is 2.58. The Balaban J connectivity index is 1.73. The molecule has 0 N–H and O–H groups in total. The fraction of sp³-hybridized carbons (Fsp3) is 1.00. The van der Waals surface area contributed by atoms with E-state index in [1.807, 2.05) is 4.90 Å². The van der Waals surface area contributed by atoms with Crippen LogP contribution in [0, 0.1) is 11.8 Å². The van der Waals surface area contributed by atoms with Crippen LogP contribution in [-0.4, -0.2) is 57.9 Å². The van der Waals surface area contributed by atoms with Gasteiger partial charge in [-0.3, -0.25) is 0 Å². The van der Waals surface area contributed by atoms with Crippen LogP contribution in [0.1, 0.15) is 32.1 Å². The summed E-state index contributed by atoms with van der Waals surface area (Å²) in [6.07, 6.45) is 4.43. The van der Waals surface area contributed by atoms with Crippen LogP contribution in [0.5, 0.6) is 0 Å². The van der Waals surface area contributed by atoms with E-state index in [0.717, 1.165) is 13.1 Å². The van der Waals surface area contributed by atoms with Crippen LogP contribution in [0.3, 0.4) is 0 Å². The Morgan fingerprint density at radius 1 is 1.11 bits per heavy atom. The molecule has 18 heavy (non-hydrogen) atoms. The van der Waals surface area contributed by atoms with E-state index >= 15 is 4.39 Å². The molecule has 0 aromatic rings. The van der Waals surface area contributed by atoms with Crippen LogP contribution in [-0.2, 0) is 4.74 Å². The van der Waals surface area contributed by atoms with E-state index in [4.69, 9.17) is 20.4 Å². The van der Waals surface area contributed by atoms with Crippen molar-refractivity contribution in [2.75, 3.05) is 26.3 Å². The quantitative estimate of drug-likeness (QED) is 0.680. The van der Waals surface area contributed by atoms with Gasteiger partial charge in [-0.2, -0.15) is 0 Å². The third-order valence-electron chi connectivity index (χ3n) is 5.25. The molecule has 2 heterocycles. The SMILES string of the molecule is [B]C([B])(N1CC2CCCC2C1)C1(F)CCOCC1. The molecule has 1 saturated carbocycles. The second-order valence-corrected chi connectivity index (χ2v) is 6.26. The Hall–Kier alpha value is -0.0201. The largest absolute Gasteiger partial charge is 0.381 e. The van der Waals surface area contributed by atoms with Crippen LogP contribution in [0.15, 0.2) is 0 Å². The highest BCUT2D eigenvalue weighted by Gasteiger charge is 2.52. The molecule has 0 spiro atoms. The summed E-state index contributed by atoms with van der Waals surface area (Å²) >= 11 is 0. The van der Waals surface area contributed by atoms with E-state index in [0.29, 0.717) is 37.9 Å². The fourth-order valence-electron chi connectivity index (χ4n) is 3.92. The van der Waals surface area contributed by atoms with Gasteiger partial charge in [0.25, 0.3) is 0 Å². The first kappa shape index (κ1) is 13.0. The fourth-order valence-corrected chi connectivity index (χ4v) is 3.92. The normalized spacial score (nSPS) is 36.7. The molecule has 96 valence electrons. The number of likely N-dealkylation sites (tertiary alicyclic amines) is 1. The van der Waals surface area contributed by atoms with Gasteiger partial charge in [0.2, 0.25) is 0 Å². The number of alkyl halides is 1. The molecule has 0 aromatic carbocycles. The maximum Gasteiger partial charge on any atom is 0.117 e. The molecule has 2 aliphatic heterocycles. The van der Waals surface area contributed by atoms with Crippen molar-refractivity contribution in [1.82, 2.24) is 4.90 Å². The number of hydrogen-bond donors (Lipinski definition) is 0. The predicted octanol–water partition coefficient (Wildman–Crippen LogP) is 1.23. The number of ether oxygens (including phenoxy) is 1. The summed E-state index contributed by atoms with van der Waals surface area (Å²) in [7, 11) is 12.4. The maximum absolute atomic E-state index is 15.0. The van der Waals surface area contributed by atoms with Gasteiger partial charge in [0, 0.05) is 39.1 Å². The third-order valence-corrected chi connectivity index (χ3v) is 5.25. The van der Waals surface area contributed by atoms with Crippen molar-refractivity contribution < 1.29 is 9.13 Å². The van der Waals surface area contributed by atoms with Gasteiger partial charge in [-0.15, -0.1) is 0 Å². The van der Waals surface area contributed by atoms with Crippen molar-refractivity contribution >= 4 is 15.7 Å². The van der Waals surface area contributed by atoms with Crippen molar-refractivity contribution in [1.29, 1.82) is 0 Å². The molecule has 0 bridgehead atoms. The molecule has 1 aliphatic carbocycles. The first-order valence-electron chi connectivity index (χ1n) is 7.12. The monoisotopic (exact) mass is 247 g/mol. The van der Waals surface area contributed by atoms with E-state index in [9.17, 15) is 0 Å². The van der Waals surface area contributed by atoms with Crippen molar-refractivity contribution in [2.24, 2.45) is 11.8 Å². The molecule has 2 saturated heterocycles. The number of nitrogens with zero attached hydrogens (tertiary/aromatic N) is 1. The van der Waals surface area contributed by atoms with Crippen molar-refractivity contribution in [3.63, 3.8) is 0 Å². The first-order chi connectivity index (χ1) is 8.53.